The number of sulfone groups is 1. The third kappa shape index (κ3) is 3.43. The second-order valence-corrected chi connectivity index (χ2v) is 6.73. The van der Waals surface area contributed by atoms with Crippen LogP contribution in [0.2, 0.25) is 0 Å². The summed E-state index contributed by atoms with van der Waals surface area (Å²) in [5.74, 6) is 0.526. The van der Waals surface area contributed by atoms with Gasteiger partial charge in [-0.15, -0.1) is 0 Å². The zero-order chi connectivity index (χ0) is 13.2. The molecule has 0 aromatic carbocycles. The minimum Gasteiger partial charge on any atom is -0.357 e. The predicted molar refractivity (Wildman–Crippen MR) is 71.6 cm³/mol. The summed E-state index contributed by atoms with van der Waals surface area (Å²) in [7, 11) is -1.37. The number of pyridine rings is 1. The molecule has 0 radical (unpaired) electrons. The van der Waals surface area contributed by atoms with E-state index in [4.69, 9.17) is 0 Å². The van der Waals surface area contributed by atoms with Crippen LogP contribution in [-0.4, -0.2) is 45.8 Å². The van der Waals surface area contributed by atoms with Crippen LogP contribution in [0.1, 0.15) is 12.8 Å². The molecule has 18 heavy (non-hydrogen) atoms. The molecule has 0 unspecified atom stereocenters. The molecule has 0 saturated heterocycles. The molecule has 1 aliphatic rings. The van der Waals surface area contributed by atoms with Crippen molar-refractivity contribution in [2.24, 2.45) is 0 Å². The molecule has 0 aliphatic heterocycles. The first-order valence-corrected chi connectivity index (χ1v) is 7.97. The van der Waals surface area contributed by atoms with Crippen molar-refractivity contribution < 1.29 is 8.42 Å². The number of anilines is 1. The molecular formula is C12H19N3O2S. The van der Waals surface area contributed by atoms with Gasteiger partial charge in [-0.1, -0.05) is 0 Å². The lowest BCUT2D eigenvalue weighted by Crippen LogP contribution is -2.31. The Kier molecular flexibility index (Phi) is 3.87. The number of hydrogen-bond donors (Lipinski definition) is 1. The maximum atomic E-state index is 11.7. The van der Waals surface area contributed by atoms with Crippen LogP contribution in [0.5, 0.6) is 0 Å². The number of nitrogens with zero attached hydrogens (tertiary/aromatic N) is 2. The molecule has 1 saturated carbocycles. The number of likely N-dealkylation sites (N-methyl/N-ethyl adjacent to an activating group) is 1. The highest BCUT2D eigenvalue weighted by Gasteiger charge is 2.21. The first-order chi connectivity index (χ1) is 8.48. The maximum absolute atomic E-state index is 11.7. The number of rotatable bonds is 6. The fourth-order valence-corrected chi connectivity index (χ4v) is 2.65. The molecule has 2 rings (SSSR count). The predicted octanol–water partition coefficient (Wildman–Crippen LogP) is 0.673. The van der Waals surface area contributed by atoms with Crippen LogP contribution in [0.4, 0.5) is 5.82 Å². The third-order valence-electron chi connectivity index (χ3n) is 2.97. The molecule has 1 heterocycles. The van der Waals surface area contributed by atoms with Crippen molar-refractivity contribution in [2.45, 2.75) is 23.8 Å². The normalized spacial score (nSPS) is 15.7. The van der Waals surface area contributed by atoms with E-state index < -0.39 is 9.84 Å². The molecule has 0 spiro atoms. The Morgan fingerprint density at radius 3 is 2.83 bits per heavy atom. The largest absolute Gasteiger partial charge is 0.357 e. The zero-order valence-electron chi connectivity index (χ0n) is 10.8. The van der Waals surface area contributed by atoms with Gasteiger partial charge in [-0.3, -0.25) is 0 Å². The van der Waals surface area contributed by atoms with Gasteiger partial charge in [0.1, 0.15) is 10.7 Å². The van der Waals surface area contributed by atoms with Crippen molar-refractivity contribution >= 4 is 15.7 Å². The highest BCUT2D eigenvalue weighted by atomic mass is 32.2. The SMILES string of the molecule is CN(CCNC1CC1)c1ncccc1S(C)(=O)=O. The molecule has 0 atom stereocenters. The molecule has 1 fully saturated rings. The molecule has 1 aliphatic carbocycles. The average molecular weight is 269 g/mol. The Morgan fingerprint density at radius 2 is 2.22 bits per heavy atom. The molecule has 0 amide bonds. The van der Waals surface area contributed by atoms with Crippen molar-refractivity contribution in [2.75, 3.05) is 31.3 Å². The molecule has 6 heteroatoms. The van der Waals surface area contributed by atoms with Crippen LogP contribution < -0.4 is 10.2 Å². The zero-order valence-corrected chi connectivity index (χ0v) is 11.6. The van der Waals surface area contributed by atoms with E-state index in [1.807, 2.05) is 11.9 Å². The Labute approximate surface area is 108 Å². The van der Waals surface area contributed by atoms with Gasteiger partial charge in [0.05, 0.1) is 0 Å². The molecule has 1 aromatic rings. The third-order valence-corrected chi connectivity index (χ3v) is 4.09. The van der Waals surface area contributed by atoms with Crippen molar-refractivity contribution in [3.63, 3.8) is 0 Å². The van der Waals surface area contributed by atoms with Crippen molar-refractivity contribution in [1.29, 1.82) is 0 Å². The summed E-state index contributed by atoms with van der Waals surface area (Å²) in [4.78, 5) is 6.35. The van der Waals surface area contributed by atoms with Crippen LogP contribution in [0.25, 0.3) is 0 Å². The molecule has 1 aromatic heterocycles. The number of hydrogen-bond acceptors (Lipinski definition) is 5. The summed E-state index contributed by atoms with van der Waals surface area (Å²) in [5, 5.41) is 3.40. The minimum atomic E-state index is -3.23. The van der Waals surface area contributed by atoms with E-state index in [1.54, 1.807) is 18.3 Å². The summed E-state index contributed by atoms with van der Waals surface area (Å²) < 4.78 is 23.3. The topological polar surface area (TPSA) is 62.3 Å². The van der Waals surface area contributed by atoms with Crippen LogP contribution in [-0.2, 0) is 9.84 Å². The molecular weight excluding hydrogens is 250 g/mol. The number of nitrogens with one attached hydrogen (secondary N) is 1. The summed E-state index contributed by atoms with van der Waals surface area (Å²) >= 11 is 0. The first kappa shape index (κ1) is 13.3. The Hall–Kier alpha value is -1.14. The Morgan fingerprint density at radius 1 is 1.50 bits per heavy atom. The fraction of sp³-hybridized carbons (Fsp3) is 0.583. The smallest absolute Gasteiger partial charge is 0.179 e. The lowest BCUT2D eigenvalue weighted by Gasteiger charge is -2.20. The number of aromatic nitrogens is 1. The molecule has 1 N–H and O–H groups in total. The van der Waals surface area contributed by atoms with Crippen molar-refractivity contribution in [3.05, 3.63) is 18.3 Å². The van der Waals surface area contributed by atoms with Crippen LogP contribution in [0, 0.1) is 0 Å². The summed E-state index contributed by atoms with van der Waals surface area (Å²) in [6.45, 7) is 1.59. The first-order valence-electron chi connectivity index (χ1n) is 6.08. The van der Waals surface area contributed by atoms with Gasteiger partial charge in [-0.05, 0) is 25.0 Å². The summed E-state index contributed by atoms with van der Waals surface area (Å²) in [6.07, 6.45) is 5.34. The Bertz CT molecular complexity index is 512. The van der Waals surface area contributed by atoms with Gasteiger partial charge in [0.2, 0.25) is 0 Å². The molecule has 0 bridgehead atoms. The molecule has 100 valence electrons. The van der Waals surface area contributed by atoms with Crippen LogP contribution >= 0.6 is 0 Å². The van der Waals surface area contributed by atoms with E-state index in [0.717, 1.165) is 13.1 Å². The van der Waals surface area contributed by atoms with Crippen molar-refractivity contribution in [3.8, 4) is 0 Å². The van der Waals surface area contributed by atoms with Crippen LogP contribution in [0.3, 0.4) is 0 Å². The van der Waals surface area contributed by atoms with Gasteiger partial charge < -0.3 is 10.2 Å². The van der Waals surface area contributed by atoms with Crippen LogP contribution in [0.15, 0.2) is 23.2 Å². The Balaban J connectivity index is 2.06. The van der Waals surface area contributed by atoms with E-state index >= 15 is 0 Å². The fourth-order valence-electron chi connectivity index (χ4n) is 1.79. The standard InChI is InChI=1S/C12H19N3O2S/c1-15(9-8-13-10-5-6-10)12-11(18(2,16)17)4-3-7-14-12/h3-4,7,10,13H,5-6,8-9H2,1-2H3. The van der Waals surface area contributed by atoms with Gasteiger partial charge in [0.25, 0.3) is 0 Å². The quantitative estimate of drug-likeness (QED) is 0.822. The molecule has 5 nitrogen and oxygen atoms in total. The lowest BCUT2D eigenvalue weighted by atomic mass is 10.4. The van der Waals surface area contributed by atoms with E-state index in [2.05, 4.69) is 10.3 Å². The second-order valence-electron chi connectivity index (χ2n) is 4.75. The van der Waals surface area contributed by atoms with E-state index in [9.17, 15) is 8.42 Å². The van der Waals surface area contributed by atoms with E-state index in [0.29, 0.717) is 16.8 Å². The maximum Gasteiger partial charge on any atom is 0.179 e. The highest BCUT2D eigenvalue weighted by Crippen LogP contribution is 2.21. The summed E-state index contributed by atoms with van der Waals surface area (Å²) in [5.41, 5.74) is 0. The van der Waals surface area contributed by atoms with Gasteiger partial charge in [0.15, 0.2) is 9.84 Å². The van der Waals surface area contributed by atoms with E-state index in [1.165, 1.54) is 19.1 Å². The van der Waals surface area contributed by atoms with Gasteiger partial charge in [0, 0.05) is 38.6 Å². The van der Waals surface area contributed by atoms with Gasteiger partial charge >= 0.3 is 0 Å². The second kappa shape index (κ2) is 5.24. The minimum absolute atomic E-state index is 0.291. The average Bonchev–Trinajstić information content (AvgIpc) is 3.12. The van der Waals surface area contributed by atoms with Crippen molar-refractivity contribution in [1.82, 2.24) is 10.3 Å². The van der Waals surface area contributed by atoms with Gasteiger partial charge in [-0.25, -0.2) is 13.4 Å². The summed E-state index contributed by atoms with van der Waals surface area (Å²) in [6, 6.07) is 3.91. The lowest BCUT2D eigenvalue weighted by molar-refractivity contribution is 0.600. The monoisotopic (exact) mass is 269 g/mol. The van der Waals surface area contributed by atoms with E-state index in [-0.39, 0.29) is 0 Å². The van der Waals surface area contributed by atoms with Gasteiger partial charge in [-0.2, -0.15) is 0 Å². The highest BCUT2D eigenvalue weighted by molar-refractivity contribution is 7.90.